The molecule has 1 aromatic heterocycles. The predicted molar refractivity (Wildman–Crippen MR) is 114 cm³/mol. The Hall–Kier alpha value is -2.99. The zero-order valence-corrected chi connectivity index (χ0v) is 17.2. The summed E-state index contributed by atoms with van der Waals surface area (Å²) in [4.78, 5) is 16.1. The van der Waals surface area contributed by atoms with E-state index in [0.29, 0.717) is 18.9 Å². The molecule has 29 heavy (non-hydrogen) atoms. The Labute approximate surface area is 174 Å². The van der Waals surface area contributed by atoms with E-state index in [1.54, 1.807) is 7.05 Å². The Balaban J connectivity index is 1.49. The van der Waals surface area contributed by atoms with Crippen LogP contribution in [0.4, 0.5) is 5.95 Å². The molecule has 0 radical (unpaired) electrons. The second kappa shape index (κ2) is 8.17. The quantitative estimate of drug-likeness (QED) is 0.602. The molecule has 1 aliphatic heterocycles. The molecule has 0 bridgehead atoms. The van der Waals surface area contributed by atoms with E-state index in [1.165, 1.54) is 4.80 Å². The molecule has 0 fully saturated rings. The van der Waals surface area contributed by atoms with Crippen LogP contribution in [0.2, 0.25) is 0 Å². The topological polar surface area (TPSA) is 63.9 Å². The van der Waals surface area contributed by atoms with E-state index < -0.39 is 0 Å². The van der Waals surface area contributed by atoms with Gasteiger partial charge in [-0.3, -0.25) is 4.79 Å². The van der Waals surface area contributed by atoms with Crippen LogP contribution in [-0.2, 0) is 13.5 Å². The summed E-state index contributed by atoms with van der Waals surface area (Å²) < 4.78 is 0. The molecule has 0 atom stereocenters. The van der Waals surface area contributed by atoms with Gasteiger partial charge in [-0.05, 0) is 34.4 Å². The Bertz CT molecular complexity index is 1070. The molecule has 6 nitrogen and oxygen atoms in total. The van der Waals surface area contributed by atoms with Gasteiger partial charge in [0.05, 0.1) is 7.05 Å². The van der Waals surface area contributed by atoms with Crippen LogP contribution in [0, 0.1) is 6.92 Å². The van der Waals surface area contributed by atoms with Crippen molar-refractivity contribution in [2.75, 3.05) is 18.0 Å². The summed E-state index contributed by atoms with van der Waals surface area (Å²) in [5.41, 5.74) is 4.88. The lowest BCUT2D eigenvalue weighted by atomic mass is 9.96. The van der Waals surface area contributed by atoms with Gasteiger partial charge in [-0.1, -0.05) is 65.2 Å². The number of aromatic nitrogens is 4. The smallest absolute Gasteiger partial charge is 0.266 e. The highest BCUT2D eigenvalue weighted by atomic mass is 35.5. The zero-order valence-electron chi connectivity index (χ0n) is 16.5. The SMILES string of the molecule is Cc1ccccc1C(=O)Cc1ccc(C2=C(Cl)CCN(c3nnn(C)n3)C2)cc1. The summed E-state index contributed by atoms with van der Waals surface area (Å²) in [6, 6.07) is 15.8. The lowest BCUT2D eigenvalue weighted by molar-refractivity contribution is 0.0992. The minimum atomic E-state index is 0.130. The summed E-state index contributed by atoms with van der Waals surface area (Å²) in [5, 5.41) is 13.2. The number of carbonyl (C=O) groups excluding carboxylic acids is 1. The standard InChI is InChI=1S/C22H22ClN5O/c1-15-5-3-4-6-18(15)21(29)13-16-7-9-17(10-8-16)19-14-28(12-11-20(19)23)22-24-26-27(2)25-22/h3-10H,11-14H2,1-2H3. The lowest BCUT2D eigenvalue weighted by Crippen LogP contribution is -2.31. The molecular formula is C22H22ClN5O. The Kier molecular flexibility index (Phi) is 5.45. The van der Waals surface area contributed by atoms with Gasteiger partial charge in [0.15, 0.2) is 5.78 Å². The Morgan fingerprint density at radius 1 is 1.14 bits per heavy atom. The molecular weight excluding hydrogens is 386 g/mol. The van der Waals surface area contributed by atoms with Gasteiger partial charge in [-0.2, -0.15) is 4.80 Å². The highest BCUT2D eigenvalue weighted by Crippen LogP contribution is 2.30. The Morgan fingerprint density at radius 3 is 2.59 bits per heavy atom. The maximum absolute atomic E-state index is 12.6. The number of aryl methyl sites for hydroxylation is 2. The number of tetrazole rings is 1. The van der Waals surface area contributed by atoms with Crippen molar-refractivity contribution < 1.29 is 4.79 Å². The number of nitrogens with zero attached hydrogens (tertiary/aromatic N) is 5. The monoisotopic (exact) mass is 407 g/mol. The van der Waals surface area contributed by atoms with Gasteiger partial charge in [0.1, 0.15) is 0 Å². The summed E-state index contributed by atoms with van der Waals surface area (Å²) >= 11 is 6.53. The number of rotatable bonds is 5. The number of carbonyl (C=O) groups is 1. The number of Topliss-reactive ketones (excluding diaryl/α,β-unsaturated/α-hetero) is 1. The molecule has 0 aliphatic carbocycles. The van der Waals surface area contributed by atoms with Crippen LogP contribution in [-0.4, -0.2) is 39.1 Å². The van der Waals surface area contributed by atoms with Crippen LogP contribution in [0.25, 0.3) is 5.57 Å². The first-order valence-electron chi connectivity index (χ1n) is 9.56. The summed E-state index contributed by atoms with van der Waals surface area (Å²) in [6.45, 7) is 3.36. The number of hydrogen-bond donors (Lipinski definition) is 0. The zero-order chi connectivity index (χ0) is 20.4. The molecule has 0 spiro atoms. The number of halogens is 1. The minimum absolute atomic E-state index is 0.130. The fraction of sp³-hybridized carbons (Fsp3) is 0.273. The maximum atomic E-state index is 12.6. The molecule has 3 aromatic rings. The number of anilines is 1. The van der Waals surface area contributed by atoms with Crippen LogP contribution in [0.3, 0.4) is 0 Å². The van der Waals surface area contributed by atoms with E-state index in [2.05, 4.69) is 20.3 Å². The van der Waals surface area contributed by atoms with E-state index in [1.807, 2.05) is 55.5 Å². The number of ketones is 1. The van der Waals surface area contributed by atoms with E-state index in [9.17, 15) is 4.79 Å². The van der Waals surface area contributed by atoms with Crippen LogP contribution < -0.4 is 4.90 Å². The third kappa shape index (κ3) is 4.22. The molecule has 4 rings (SSSR count). The molecule has 2 aromatic carbocycles. The van der Waals surface area contributed by atoms with Crippen molar-refractivity contribution in [3.05, 3.63) is 75.8 Å². The molecule has 148 valence electrons. The minimum Gasteiger partial charge on any atom is -0.333 e. The Morgan fingerprint density at radius 2 is 1.90 bits per heavy atom. The summed E-state index contributed by atoms with van der Waals surface area (Å²) in [7, 11) is 1.75. The van der Waals surface area contributed by atoms with Gasteiger partial charge in [0.2, 0.25) is 0 Å². The summed E-state index contributed by atoms with van der Waals surface area (Å²) in [6.07, 6.45) is 1.12. The second-order valence-electron chi connectivity index (χ2n) is 7.25. The fourth-order valence-electron chi connectivity index (χ4n) is 3.55. The number of hydrogen-bond acceptors (Lipinski definition) is 5. The molecule has 1 aliphatic rings. The van der Waals surface area contributed by atoms with Gasteiger partial charge in [-0.15, -0.1) is 5.10 Å². The van der Waals surface area contributed by atoms with Gasteiger partial charge in [0, 0.05) is 36.5 Å². The van der Waals surface area contributed by atoms with E-state index in [4.69, 9.17) is 11.6 Å². The average Bonchev–Trinajstić information content (AvgIpc) is 3.16. The van der Waals surface area contributed by atoms with Crippen LogP contribution >= 0.6 is 11.6 Å². The predicted octanol–water partition coefficient (Wildman–Crippen LogP) is 3.80. The van der Waals surface area contributed by atoms with Crippen molar-refractivity contribution >= 4 is 28.9 Å². The first-order valence-corrected chi connectivity index (χ1v) is 9.93. The van der Waals surface area contributed by atoms with Crippen LogP contribution in [0.15, 0.2) is 53.6 Å². The van der Waals surface area contributed by atoms with Crippen molar-refractivity contribution in [3.8, 4) is 0 Å². The lowest BCUT2D eigenvalue weighted by Gasteiger charge is -2.28. The molecule has 0 N–H and O–H groups in total. The van der Waals surface area contributed by atoms with Gasteiger partial charge < -0.3 is 4.90 Å². The van der Waals surface area contributed by atoms with Gasteiger partial charge in [0.25, 0.3) is 5.95 Å². The molecule has 0 amide bonds. The van der Waals surface area contributed by atoms with E-state index in [0.717, 1.165) is 45.8 Å². The fourth-order valence-corrected chi connectivity index (χ4v) is 3.80. The largest absolute Gasteiger partial charge is 0.333 e. The van der Waals surface area contributed by atoms with E-state index in [-0.39, 0.29) is 5.78 Å². The third-order valence-corrected chi connectivity index (χ3v) is 5.59. The normalized spacial score (nSPS) is 14.4. The molecule has 0 saturated carbocycles. The third-order valence-electron chi connectivity index (χ3n) is 5.17. The van der Waals surface area contributed by atoms with Gasteiger partial charge in [-0.25, -0.2) is 0 Å². The second-order valence-corrected chi connectivity index (χ2v) is 7.70. The maximum Gasteiger partial charge on any atom is 0.266 e. The van der Waals surface area contributed by atoms with Crippen LogP contribution in [0.1, 0.15) is 33.5 Å². The van der Waals surface area contributed by atoms with Gasteiger partial charge >= 0.3 is 0 Å². The van der Waals surface area contributed by atoms with E-state index >= 15 is 0 Å². The van der Waals surface area contributed by atoms with Crippen molar-refractivity contribution in [2.24, 2.45) is 7.05 Å². The van der Waals surface area contributed by atoms with Crippen molar-refractivity contribution in [3.63, 3.8) is 0 Å². The van der Waals surface area contributed by atoms with Crippen molar-refractivity contribution in [2.45, 2.75) is 19.8 Å². The first-order chi connectivity index (χ1) is 14.0. The highest BCUT2D eigenvalue weighted by molar-refractivity contribution is 6.33. The highest BCUT2D eigenvalue weighted by Gasteiger charge is 2.22. The molecule has 0 unspecified atom stereocenters. The molecule has 7 heteroatoms. The first kappa shape index (κ1) is 19.3. The number of benzene rings is 2. The molecule has 2 heterocycles. The van der Waals surface area contributed by atoms with Crippen LogP contribution in [0.5, 0.6) is 0 Å². The molecule has 0 saturated heterocycles. The van der Waals surface area contributed by atoms with Crippen molar-refractivity contribution in [1.29, 1.82) is 0 Å². The summed E-state index contributed by atoms with van der Waals surface area (Å²) in [5.74, 6) is 0.736. The average molecular weight is 408 g/mol. The van der Waals surface area contributed by atoms with Crippen molar-refractivity contribution in [1.82, 2.24) is 20.2 Å².